The molecule has 0 radical (unpaired) electrons. The Hall–Kier alpha value is -2.53. The van der Waals surface area contributed by atoms with E-state index in [2.05, 4.69) is 40.9 Å². The predicted octanol–water partition coefficient (Wildman–Crippen LogP) is 3.55. The van der Waals surface area contributed by atoms with Gasteiger partial charge in [0, 0.05) is 13.1 Å². The summed E-state index contributed by atoms with van der Waals surface area (Å²) in [5, 5.41) is 0. The van der Waals surface area contributed by atoms with Gasteiger partial charge in [0.2, 0.25) is 5.89 Å². The van der Waals surface area contributed by atoms with E-state index in [-0.39, 0.29) is 6.10 Å². The molecule has 1 aliphatic heterocycles. The molecule has 0 N–H and O–H groups in total. The number of anilines is 1. The lowest BCUT2D eigenvalue weighted by Gasteiger charge is -2.37. The van der Waals surface area contributed by atoms with Crippen LogP contribution in [0.5, 0.6) is 5.75 Å². The fraction of sp³-hybridized carbons (Fsp3) is 0.350. The van der Waals surface area contributed by atoms with Crippen molar-refractivity contribution in [2.45, 2.75) is 19.6 Å². The number of likely N-dealkylation sites (N-methyl/N-ethyl adjacent to an activating group) is 2. The third-order valence-electron chi connectivity index (χ3n) is 4.56. The molecule has 2 heterocycles. The van der Waals surface area contributed by atoms with E-state index in [9.17, 15) is 0 Å². The first-order chi connectivity index (χ1) is 12.2. The number of hydrogen-bond acceptors (Lipinski definition) is 5. The molecule has 25 heavy (non-hydrogen) atoms. The molecule has 2 aromatic carbocycles. The van der Waals surface area contributed by atoms with Crippen LogP contribution >= 0.6 is 0 Å². The van der Waals surface area contributed by atoms with Crippen molar-refractivity contribution in [3.8, 4) is 5.75 Å². The summed E-state index contributed by atoms with van der Waals surface area (Å²) in [5.74, 6) is 1.71. The molecule has 0 saturated heterocycles. The van der Waals surface area contributed by atoms with Gasteiger partial charge in [0.1, 0.15) is 17.4 Å². The van der Waals surface area contributed by atoms with E-state index in [4.69, 9.17) is 9.15 Å². The monoisotopic (exact) mass is 337 g/mol. The number of para-hydroxylation sites is 4. The van der Waals surface area contributed by atoms with E-state index < -0.39 is 0 Å². The minimum absolute atomic E-state index is 0.129. The number of aromatic nitrogens is 1. The second kappa shape index (κ2) is 6.76. The van der Waals surface area contributed by atoms with E-state index >= 15 is 0 Å². The smallest absolute Gasteiger partial charge is 0.209 e. The molecule has 0 saturated carbocycles. The Morgan fingerprint density at radius 3 is 2.80 bits per heavy atom. The van der Waals surface area contributed by atoms with Gasteiger partial charge in [-0.1, -0.05) is 24.3 Å². The third-order valence-corrected chi connectivity index (χ3v) is 4.56. The second-order valence-electron chi connectivity index (χ2n) is 6.52. The van der Waals surface area contributed by atoms with Gasteiger partial charge < -0.3 is 14.1 Å². The molecule has 130 valence electrons. The van der Waals surface area contributed by atoms with E-state index in [0.29, 0.717) is 6.54 Å². The van der Waals surface area contributed by atoms with E-state index in [0.717, 1.165) is 42.4 Å². The van der Waals surface area contributed by atoms with E-state index in [1.54, 1.807) is 0 Å². The van der Waals surface area contributed by atoms with Gasteiger partial charge in [-0.05, 0) is 38.2 Å². The molecule has 0 spiro atoms. The fourth-order valence-corrected chi connectivity index (χ4v) is 3.40. The van der Waals surface area contributed by atoms with Crippen molar-refractivity contribution >= 4 is 16.8 Å². The molecule has 5 heteroatoms. The third kappa shape index (κ3) is 3.33. The zero-order valence-corrected chi connectivity index (χ0v) is 14.7. The summed E-state index contributed by atoms with van der Waals surface area (Å²) in [5.41, 5.74) is 2.93. The van der Waals surface area contributed by atoms with Gasteiger partial charge in [-0.25, -0.2) is 4.98 Å². The van der Waals surface area contributed by atoms with Crippen molar-refractivity contribution in [3.05, 3.63) is 54.4 Å². The summed E-state index contributed by atoms with van der Waals surface area (Å²) in [6.45, 7) is 5.55. The average Bonchev–Trinajstić information content (AvgIpc) is 3.02. The second-order valence-corrected chi connectivity index (χ2v) is 6.52. The Labute approximate surface area is 147 Å². The van der Waals surface area contributed by atoms with Crippen LogP contribution in [0.25, 0.3) is 11.1 Å². The predicted molar refractivity (Wildman–Crippen MR) is 99.1 cm³/mol. The number of hydrogen-bond donors (Lipinski definition) is 0. The van der Waals surface area contributed by atoms with Gasteiger partial charge in [-0.2, -0.15) is 0 Å². The van der Waals surface area contributed by atoms with Crippen molar-refractivity contribution in [1.29, 1.82) is 0 Å². The van der Waals surface area contributed by atoms with Crippen LogP contribution in [0.4, 0.5) is 5.69 Å². The zero-order chi connectivity index (χ0) is 17.2. The Bertz CT molecular complexity index is 828. The van der Waals surface area contributed by atoms with Crippen LogP contribution in [-0.4, -0.2) is 42.7 Å². The maximum atomic E-state index is 6.20. The first-order valence-electron chi connectivity index (χ1n) is 8.76. The van der Waals surface area contributed by atoms with Crippen LogP contribution in [-0.2, 0) is 6.54 Å². The zero-order valence-electron chi connectivity index (χ0n) is 14.7. The van der Waals surface area contributed by atoms with Crippen LogP contribution in [0.1, 0.15) is 12.8 Å². The normalized spacial score (nSPS) is 16.9. The summed E-state index contributed by atoms with van der Waals surface area (Å²) in [7, 11) is 2.08. The van der Waals surface area contributed by atoms with Crippen LogP contribution in [0.2, 0.25) is 0 Å². The molecule has 0 amide bonds. The topological polar surface area (TPSA) is 41.7 Å². The molecule has 0 bridgehead atoms. The fourth-order valence-electron chi connectivity index (χ4n) is 3.40. The van der Waals surface area contributed by atoms with Crippen molar-refractivity contribution < 1.29 is 9.15 Å². The van der Waals surface area contributed by atoms with Crippen molar-refractivity contribution in [1.82, 2.24) is 9.88 Å². The SMILES string of the molecule is CCN1CC(CN(C)Cc2nc3ccccc3o2)Oc2ccccc21. The standard InChI is InChI=1S/C20H23N3O2/c1-3-23-13-15(24-19-11-7-5-9-17(19)23)12-22(2)14-20-21-16-8-4-6-10-18(16)25-20/h4-11,15H,3,12-14H2,1-2H3. The van der Waals surface area contributed by atoms with Gasteiger partial charge in [0.15, 0.2) is 5.58 Å². The van der Waals surface area contributed by atoms with Gasteiger partial charge >= 0.3 is 0 Å². The van der Waals surface area contributed by atoms with E-state index in [1.807, 2.05) is 36.4 Å². The largest absolute Gasteiger partial charge is 0.485 e. The molecule has 1 aromatic heterocycles. The summed E-state index contributed by atoms with van der Waals surface area (Å²) in [4.78, 5) is 9.13. The molecule has 3 aromatic rings. The highest BCUT2D eigenvalue weighted by atomic mass is 16.5. The molecule has 4 rings (SSSR count). The number of rotatable bonds is 5. The van der Waals surface area contributed by atoms with Gasteiger partial charge in [0.05, 0.1) is 18.8 Å². The van der Waals surface area contributed by atoms with Crippen molar-refractivity contribution in [2.75, 3.05) is 31.6 Å². The maximum absolute atomic E-state index is 6.20. The van der Waals surface area contributed by atoms with Gasteiger partial charge in [-0.15, -0.1) is 0 Å². The molecule has 1 atom stereocenters. The highest BCUT2D eigenvalue weighted by Gasteiger charge is 2.25. The number of oxazole rings is 1. The quantitative estimate of drug-likeness (QED) is 0.712. The van der Waals surface area contributed by atoms with Crippen LogP contribution in [0.15, 0.2) is 52.9 Å². The number of fused-ring (bicyclic) bond motifs is 2. The maximum Gasteiger partial charge on any atom is 0.209 e. The first kappa shape index (κ1) is 16.0. The number of benzene rings is 2. The van der Waals surface area contributed by atoms with Crippen LogP contribution in [0.3, 0.4) is 0 Å². The van der Waals surface area contributed by atoms with Gasteiger partial charge in [-0.3, -0.25) is 4.90 Å². The Morgan fingerprint density at radius 1 is 1.16 bits per heavy atom. The number of ether oxygens (including phenoxy) is 1. The lowest BCUT2D eigenvalue weighted by Crippen LogP contribution is -2.45. The minimum atomic E-state index is 0.129. The lowest BCUT2D eigenvalue weighted by atomic mass is 10.2. The average molecular weight is 337 g/mol. The van der Waals surface area contributed by atoms with Crippen molar-refractivity contribution in [3.63, 3.8) is 0 Å². The van der Waals surface area contributed by atoms with Gasteiger partial charge in [0.25, 0.3) is 0 Å². The highest BCUT2D eigenvalue weighted by molar-refractivity contribution is 5.72. The first-order valence-corrected chi connectivity index (χ1v) is 8.76. The van der Waals surface area contributed by atoms with Crippen LogP contribution < -0.4 is 9.64 Å². The molecule has 1 aliphatic rings. The Morgan fingerprint density at radius 2 is 1.96 bits per heavy atom. The van der Waals surface area contributed by atoms with Crippen molar-refractivity contribution in [2.24, 2.45) is 0 Å². The minimum Gasteiger partial charge on any atom is -0.485 e. The summed E-state index contributed by atoms with van der Waals surface area (Å²) in [6, 6.07) is 16.1. The lowest BCUT2D eigenvalue weighted by molar-refractivity contribution is 0.135. The van der Waals surface area contributed by atoms with Crippen LogP contribution in [0, 0.1) is 0 Å². The Balaban J connectivity index is 1.43. The molecule has 1 unspecified atom stereocenters. The molecule has 0 aliphatic carbocycles. The molecular formula is C20H23N3O2. The molecule has 0 fully saturated rings. The molecule has 5 nitrogen and oxygen atoms in total. The van der Waals surface area contributed by atoms with E-state index in [1.165, 1.54) is 5.69 Å². The summed E-state index contributed by atoms with van der Waals surface area (Å²) in [6.07, 6.45) is 0.129. The summed E-state index contributed by atoms with van der Waals surface area (Å²) >= 11 is 0. The molecular weight excluding hydrogens is 314 g/mol. The summed E-state index contributed by atoms with van der Waals surface area (Å²) < 4.78 is 12.0. The number of nitrogens with zero attached hydrogens (tertiary/aromatic N) is 3. The highest BCUT2D eigenvalue weighted by Crippen LogP contribution is 2.32. The Kier molecular flexibility index (Phi) is 4.32.